The Bertz CT molecular complexity index is 1320. The van der Waals surface area contributed by atoms with E-state index in [0.717, 1.165) is 53.8 Å². The molecule has 2 saturated heterocycles. The van der Waals surface area contributed by atoms with Gasteiger partial charge in [-0.1, -0.05) is 25.1 Å². The van der Waals surface area contributed by atoms with Gasteiger partial charge < -0.3 is 19.3 Å². The number of ether oxygens (including phenoxy) is 2. The largest absolute Gasteiger partial charge is 0.486 e. The Morgan fingerprint density at radius 1 is 0.838 bits per heavy atom. The third-order valence-corrected chi connectivity index (χ3v) is 8.01. The highest BCUT2D eigenvalue weighted by atomic mass is 16.6. The van der Waals surface area contributed by atoms with E-state index < -0.39 is 0 Å². The summed E-state index contributed by atoms with van der Waals surface area (Å²) in [5, 5.41) is 0.842. The average molecular weight is 500 g/mol. The molecule has 0 bridgehead atoms. The molecule has 2 amide bonds. The van der Waals surface area contributed by atoms with Crippen molar-refractivity contribution in [3.05, 3.63) is 54.1 Å². The van der Waals surface area contributed by atoms with Crippen molar-refractivity contribution in [3.63, 3.8) is 0 Å². The highest BCUT2D eigenvalue weighted by Crippen LogP contribution is 2.35. The first kappa shape index (κ1) is 23.8. The minimum atomic E-state index is -0.00455. The Morgan fingerprint density at radius 2 is 1.54 bits per heavy atom. The maximum Gasteiger partial charge on any atom is 0.254 e. The lowest BCUT2D eigenvalue weighted by molar-refractivity contribution is -0.138. The van der Waals surface area contributed by atoms with Crippen LogP contribution in [-0.2, 0) is 4.79 Å². The van der Waals surface area contributed by atoms with E-state index in [-0.39, 0.29) is 17.7 Å². The lowest BCUT2D eigenvalue weighted by atomic mass is 9.92. The van der Waals surface area contributed by atoms with Crippen LogP contribution in [0.3, 0.4) is 0 Å². The third-order valence-electron chi connectivity index (χ3n) is 8.01. The first-order valence-corrected chi connectivity index (χ1v) is 13.4. The molecule has 3 aliphatic heterocycles. The number of carbonyl (C=O) groups excluding carboxylic acids is 2. The fourth-order valence-electron chi connectivity index (χ4n) is 5.69. The summed E-state index contributed by atoms with van der Waals surface area (Å²) in [5.41, 5.74) is 3.03. The van der Waals surface area contributed by atoms with Crippen LogP contribution in [0.5, 0.6) is 11.5 Å². The number of hydrogen-bond donors (Lipinski definition) is 0. The number of rotatable bonds is 3. The quantitative estimate of drug-likeness (QED) is 0.519. The van der Waals surface area contributed by atoms with Crippen LogP contribution in [0.4, 0.5) is 0 Å². The second-order valence-corrected chi connectivity index (χ2v) is 10.5. The molecule has 0 radical (unpaired) electrons. The van der Waals surface area contributed by atoms with Gasteiger partial charge in [-0.15, -0.1) is 0 Å². The van der Waals surface area contributed by atoms with E-state index in [1.54, 1.807) is 0 Å². The molecule has 0 aliphatic carbocycles. The molecule has 4 heterocycles. The number of nitrogens with zero attached hydrogens (tertiary/aromatic N) is 3. The highest BCUT2D eigenvalue weighted by Gasteiger charge is 2.32. The maximum atomic E-state index is 13.8. The molecular formula is C30H33N3O4. The van der Waals surface area contributed by atoms with Crippen LogP contribution in [0.2, 0.25) is 0 Å². The summed E-state index contributed by atoms with van der Waals surface area (Å²) in [6.07, 6.45) is 3.61. The summed E-state index contributed by atoms with van der Waals surface area (Å²) in [6, 6.07) is 15.4. The molecule has 7 nitrogen and oxygen atoms in total. The van der Waals surface area contributed by atoms with Gasteiger partial charge in [0.15, 0.2) is 11.5 Å². The number of aromatic nitrogens is 1. The topological polar surface area (TPSA) is 72.0 Å². The Kier molecular flexibility index (Phi) is 6.45. The molecule has 1 aromatic heterocycles. The minimum Gasteiger partial charge on any atom is -0.486 e. The highest BCUT2D eigenvalue weighted by molar-refractivity contribution is 6.07. The van der Waals surface area contributed by atoms with Gasteiger partial charge in [0.1, 0.15) is 13.2 Å². The Hall–Kier alpha value is -3.61. The predicted molar refractivity (Wildman–Crippen MR) is 142 cm³/mol. The Morgan fingerprint density at radius 3 is 2.32 bits per heavy atom. The molecule has 3 aliphatic rings. The van der Waals surface area contributed by atoms with E-state index in [2.05, 4.69) is 6.92 Å². The van der Waals surface area contributed by atoms with Crippen molar-refractivity contribution in [2.75, 3.05) is 39.4 Å². The fraction of sp³-hybridized carbons (Fsp3) is 0.433. The van der Waals surface area contributed by atoms with Gasteiger partial charge >= 0.3 is 0 Å². The number of likely N-dealkylation sites (tertiary alicyclic amines) is 2. The van der Waals surface area contributed by atoms with Crippen molar-refractivity contribution >= 4 is 22.7 Å². The van der Waals surface area contributed by atoms with Crippen LogP contribution in [-0.4, -0.2) is 66.0 Å². The molecule has 7 heteroatoms. The number of carbonyl (C=O) groups is 2. The zero-order chi connectivity index (χ0) is 25.4. The first-order valence-electron chi connectivity index (χ1n) is 13.4. The molecular weight excluding hydrogens is 466 g/mol. The van der Waals surface area contributed by atoms with Gasteiger partial charge in [0.25, 0.3) is 5.91 Å². The summed E-state index contributed by atoms with van der Waals surface area (Å²) in [7, 11) is 0. The van der Waals surface area contributed by atoms with E-state index in [1.807, 2.05) is 58.3 Å². The number of pyridine rings is 1. The van der Waals surface area contributed by atoms with Crippen LogP contribution in [0.15, 0.2) is 48.5 Å². The molecule has 0 N–H and O–H groups in total. The fourth-order valence-corrected chi connectivity index (χ4v) is 5.69. The van der Waals surface area contributed by atoms with Crippen molar-refractivity contribution in [2.45, 2.75) is 32.6 Å². The van der Waals surface area contributed by atoms with E-state index in [1.165, 1.54) is 0 Å². The summed E-state index contributed by atoms with van der Waals surface area (Å²) < 4.78 is 11.4. The normalized spacial score (nSPS) is 18.7. The number of benzene rings is 2. The second-order valence-electron chi connectivity index (χ2n) is 10.5. The summed E-state index contributed by atoms with van der Waals surface area (Å²) >= 11 is 0. The van der Waals surface area contributed by atoms with Crippen molar-refractivity contribution < 1.29 is 19.1 Å². The van der Waals surface area contributed by atoms with Crippen LogP contribution >= 0.6 is 0 Å². The van der Waals surface area contributed by atoms with E-state index in [4.69, 9.17) is 14.5 Å². The zero-order valence-electron chi connectivity index (χ0n) is 21.3. The summed E-state index contributed by atoms with van der Waals surface area (Å²) in [5.74, 6) is 2.40. The molecule has 0 atom stereocenters. The monoisotopic (exact) mass is 499 g/mol. The van der Waals surface area contributed by atoms with E-state index >= 15 is 0 Å². The molecule has 2 aromatic carbocycles. The van der Waals surface area contributed by atoms with E-state index in [9.17, 15) is 9.59 Å². The first-order chi connectivity index (χ1) is 18.1. The smallest absolute Gasteiger partial charge is 0.254 e. The molecule has 2 fully saturated rings. The molecule has 37 heavy (non-hydrogen) atoms. The van der Waals surface area contributed by atoms with Gasteiger partial charge in [0.2, 0.25) is 5.91 Å². The van der Waals surface area contributed by atoms with Crippen molar-refractivity contribution in [3.8, 4) is 22.8 Å². The summed E-state index contributed by atoms with van der Waals surface area (Å²) in [6.45, 7) is 6.23. The third kappa shape index (κ3) is 4.75. The van der Waals surface area contributed by atoms with Gasteiger partial charge in [-0.3, -0.25) is 9.59 Å². The number of para-hydroxylation sites is 1. The lowest BCUT2D eigenvalue weighted by Crippen LogP contribution is -2.46. The van der Waals surface area contributed by atoms with Crippen molar-refractivity contribution in [1.29, 1.82) is 0 Å². The minimum absolute atomic E-state index is 0.00455. The number of hydrogen-bond acceptors (Lipinski definition) is 5. The predicted octanol–water partition coefficient (Wildman–Crippen LogP) is 4.78. The molecule has 3 aromatic rings. The number of fused-ring (bicyclic) bond motifs is 2. The molecule has 6 rings (SSSR count). The molecule has 0 unspecified atom stereocenters. The van der Waals surface area contributed by atoms with E-state index in [0.29, 0.717) is 56.4 Å². The lowest BCUT2D eigenvalue weighted by Gasteiger charge is -2.37. The van der Waals surface area contributed by atoms with Crippen LogP contribution in [0.25, 0.3) is 22.2 Å². The molecule has 0 saturated carbocycles. The second kappa shape index (κ2) is 10.0. The maximum absolute atomic E-state index is 13.8. The van der Waals surface area contributed by atoms with Crippen LogP contribution in [0.1, 0.15) is 43.0 Å². The van der Waals surface area contributed by atoms with Crippen molar-refractivity contribution in [2.24, 2.45) is 11.8 Å². The SMILES string of the molecule is CC1CCN(C(=O)C2CCN(C(=O)c3cc(-c4ccc5c(c4)OCCO5)nc4ccccc34)CC2)CC1. The van der Waals surface area contributed by atoms with Gasteiger partial charge in [-0.25, -0.2) is 4.98 Å². The summed E-state index contributed by atoms with van der Waals surface area (Å²) in [4.78, 5) is 35.7. The van der Waals surface area contributed by atoms with Crippen LogP contribution < -0.4 is 9.47 Å². The number of amides is 2. The van der Waals surface area contributed by atoms with Gasteiger partial charge in [0.05, 0.1) is 16.8 Å². The van der Waals surface area contributed by atoms with Crippen molar-refractivity contribution in [1.82, 2.24) is 14.8 Å². The molecule has 192 valence electrons. The Labute approximate surface area is 217 Å². The van der Waals surface area contributed by atoms with Gasteiger partial charge in [-0.2, -0.15) is 0 Å². The Balaban J connectivity index is 1.23. The van der Waals surface area contributed by atoms with Crippen LogP contribution in [0, 0.1) is 11.8 Å². The number of piperidine rings is 2. The average Bonchev–Trinajstić information content (AvgIpc) is 2.96. The zero-order valence-corrected chi connectivity index (χ0v) is 21.3. The molecule has 0 spiro atoms. The van der Waals surface area contributed by atoms with Gasteiger partial charge in [-0.05, 0) is 61.9 Å². The van der Waals surface area contributed by atoms with Gasteiger partial charge in [0, 0.05) is 43.0 Å². The standard InChI is InChI=1S/C30H33N3O4/c1-20-8-12-32(13-9-20)29(34)21-10-14-33(15-11-21)30(35)24-19-26(31-25-5-3-2-4-23(24)25)22-6-7-27-28(18-22)37-17-16-36-27/h2-7,18-21H,8-17H2,1H3.